The molecule has 2 atom stereocenters. The van der Waals surface area contributed by atoms with Gasteiger partial charge in [0.1, 0.15) is 5.82 Å². The molecule has 0 saturated carbocycles. The first-order valence-electron chi connectivity index (χ1n) is 6.20. The van der Waals surface area contributed by atoms with E-state index in [4.69, 9.17) is 0 Å². The van der Waals surface area contributed by atoms with Gasteiger partial charge in [-0.15, -0.1) is 0 Å². The molecule has 18 heavy (non-hydrogen) atoms. The minimum absolute atomic E-state index is 0.238. The van der Waals surface area contributed by atoms with E-state index in [1.54, 1.807) is 0 Å². The smallest absolute Gasteiger partial charge is 0.161 e. The first kappa shape index (κ1) is 12.0. The summed E-state index contributed by atoms with van der Waals surface area (Å²) < 4.78 is 39.4. The van der Waals surface area contributed by atoms with Crippen molar-refractivity contribution in [3.05, 3.63) is 35.1 Å². The van der Waals surface area contributed by atoms with Crippen LogP contribution in [0.2, 0.25) is 0 Å². The van der Waals surface area contributed by atoms with Gasteiger partial charge in [0.25, 0.3) is 0 Å². The molecule has 2 aliphatic rings. The van der Waals surface area contributed by atoms with Crippen LogP contribution in [0.1, 0.15) is 5.56 Å². The van der Waals surface area contributed by atoms with E-state index in [-0.39, 0.29) is 5.56 Å². The van der Waals surface area contributed by atoms with E-state index in [0.29, 0.717) is 24.4 Å². The Morgan fingerprint density at radius 1 is 1.00 bits per heavy atom. The normalized spacial score (nSPS) is 27.7. The van der Waals surface area contributed by atoms with Crippen LogP contribution in [0.3, 0.4) is 0 Å². The third-order valence-electron chi connectivity index (χ3n) is 3.95. The van der Waals surface area contributed by atoms with Crippen LogP contribution in [0.15, 0.2) is 12.1 Å². The molecule has 0 aromatic heterocycles. The Balaban J connectivity index is 1.72. The molecule has 2 heterocycles. The zero-order valence-corrected chi connectivity index (χ0v) is 9.93. The first-order chi connectivity index (χ1) is 8.63. The van der Waals surface area contributed by atoms with Crippen molar-refractivity contribution in [3.8, 4) is 0 Å². The molecule has 3 rings (SSSR count). The van der Waals surface area contributed by atoms with Gasteiger partial charge in [-0.2, -0.15) is 0 Å². The molecule has 1 aromatic rings. The van der Waals surface area contributed by atoms with E-state index in [1.165, 1.54) is 0 Å². The summed E-state index contributed by atoms with van der Waals surface area (Å²) >= 11 is 0. The molecule has 2 fully saturated rings. The molecule has 0 unspecified atom stereocenters. The summed E-state index contributed by atoms with van der Waals surface area (Å²) in [5.41, 5.74) is 0.238. The Morgan fingerprint density at radius 2 is 1.61 bits per heavy atom. The van der Waals surface area contributed by atoms with Crippen molar-refractivity contribution in [2.24, 2.45) is 11.8 Å². The number of nitrogens with one attached hydrogen (secondary N) is 1. The average molecular weight is 256 g/mol. The summed E-state index contributed by atoms with van der Waals surface area (Å²) in [5, 5.41) is 3.33. The van der Waals surface area contributed by atoms with Crippen LogP contribution in [0.25, 0.3) is 0 Å². The lowest BCUT2D eigenvalue weighted by atomic mass is 10.0. The molecular weight excluding hydrogens is 241 g/mol. The molecule has 0 amide bonds. The van der Waals surface area contributed by atoms with Gasteiger partial charge < -0.3 is 5.32 Å². The van der Waals surface area contributed by atoms with Crippen molar-refractivity contribution in [2.75, 3.05) is 26.2 Å². The summed E-state index contributed by atoms with van der Waals surface area (Å²) in [6.45, 7) is 4.16. The zero-order valence-electron chi connectivity index (χ0n) is 9.93. The van der Waals surface area contributed by atoms with Crippen LogP contribution in [0.4, 0.5) is 13.2 Å². The van der Waals surface area contributed by atoms with Crippen LogP contribution in [0.5, 0.6) is 0 Å². The number of hydrogen-bond acceptors (Lipinski definition) is 2. The van der Waals surface area contributed by atoms with E-state index in [1.807, 2.05) is 0 Å². The fourth-order valence-electron chi connectivity index (χ4n) is 3.01. The Bertz CT molecular complexity index is 452. The quantitative estimate of drug-likeness (QED) is 0.811. The van der Waals surface area contributed by atoms with Crippen LogP contribution < -0.4 is 5.32 Å². The van der Waals surface area contributed by atoms with Crippen LogP contribution in [0, 0.1) is 29.3 Å². The number of hydrogen-bond donors (Lipinski definition) is 1. The summed E-state index contributed by atoms with van der Waals surface area (Å²) in [6.07, 6.45) is 0. The molecule has 1 N–H and O–H groups in total. The Kier molecular flexibility index (Phi) is 3.03. The second kappa shape index (κ2) is 4.55. The lowest BCUT2D eigenvalue weighted by molar-refractivity contribution is 0.299. The molecule has 2 aliphatic heterocycles. The van der Waals surface area contributed by atoms with Gasteiger partial charge in [0.15, 0.2) is 11.6 Å². The third-order valence-corrected chi connectivity index (χ3v) is 3.95. The van der Waals surface area contributed by atoms with Gasteiger partial charge >= 0.3 is 0 Å². The van der Waals surface area contributed by atoms with Gasteiger partial charge in [0.2, 0.25) is 0 Å². The molecule has 5 heteroatoms. The fourth-order valence-corrected chi connectivity index (χ4v) is 3.01. The number of rotatable bonds is 2. The maximum absolute atomic E-state index is 13.5. The summed E-state index contributed by atoms with van der Waals surface area (Å²) in [5.74, 6) is -1.55. The van der Waals surface area contributed by atoms with Crippen LogP contribution >= 0.6 is 0 Å². The van der Waals surface area contributed by atoms with Gasteiger partial charge in [-0.05, 0) is 31.0 Å². The highest BCUT2D eigenvalue weighted by Gasteiger charge is 2.36. The van der Waals surface area contributed by atoms with Gasteiger partial charge in [0.05, 0.1) is 0 Å². The molecule has 0 bridgehead atoms. The number of nitrogens with zero attached hydrogens (tertiary/aromatic N) is 1. The van der Waals surface area contributed by atoms with Crippen LogP contribution in [-0.4, -0.2) is 31.1 Å². The lowest BCUT2D eigenvalue weighted by Gasteiger charge is -2.17. The minimum Gasteiger partial charge on any atom is -0.316 e. The maximum atomic E-state index is 13.5. The molecule has 98 valence electrons. The number of fused-ring (bicyclic) bond motifs is 1. The molecular formula is C13H15F3N2. The van der Waals surface area contributed by atoms with E-state index < -0.39 is 17.5 Å². The second-order valence-corrected chi connectivity index (χ2v) is 5.23. The largest absolute Gasteiger partial charge is 0.316 e. The van der Waals surface area contributed by atoms with Gasteiger partial charge in [-0.1, -0.05) is 0 Å². The predicted molar refractivity (Wildman–Crippen MR) is 61.4 cm³/mol. The molecule has 1 aromatic carbocycles. The van der Waals surface area contributed by atoms with Crippen molar-refractivity contribution < 1.29 is 13.2 Å². The lowest BCUT2D eigenvalue weighted by Crippen LogP contribution is -2.25. The van der Waals surface area contributed by atoms with Gasteiger partial charge in [-0.3, -0.25) is 4.90 Å². The first-order valence-corrected chi connectivity index (χ1v) is 6.20. The van der Waals surface area contributed by atoms with E-state index in [2.05, 4.69) is 10.2 Å². The number of benzene rings is 1. The van der Waals surface area contributed by atoms with Crippen LogP contribution in [-0.2, 0) is 6.54 Å². The monoisotopic (exact) mass is 256 g/mol. The van der Waals surface area contributed by atoms with E-state index in [0.717, 1.165) is 32.2 Å². The number of halogens is 3. The van der Waals surface area contributed by atoms with Gasteiger partial charge in [0, 0.05) is 31.3 Å². The van der Waals surface area contributed by atoms with Gasteiger partial charge in [-0.25, -0.2) is 13.2 Å². The van der Waals surface area contributed by atoms with Crippen molar-refractivity contribution in [1.82, 2.24) is 10.2 Å². The van der Waals surface area contributed by atoms with Crippen molar-refractivity contribution in [3.63, 3.8) is 0 Å². The maximum Gasteiger partial charge on any atom is 0.161 e. The fraction of sp³-hybridized carbons (Fsp3) is 0.538. The standard InChI is InChI=1S/C13H15F3N2/c14-11-2-13(16)12(15)1-8(11)5-18-6-9-3-17-4-10(9)7-18/h1-2,9-10,17H,3-7H2/t9-,10+. The summed E-state index contributed by atoms with van der Waals surface area (Å²) in [6, 6.07) is 1.60. The number of likely N-dealkylation sites (tertiary alicyclic amines) is 1. The summed E-state index contributed by atoms with van der Waals surface area (Å²) in [7, 11) is 0. The molecule has 0 spiro atoms. The van der Waals surface area contributed by atoms with E-state index >= 15 is 0 Å². The molecule has 0 aliphatic carbocycles. The molecule has 2 nitrogen and oxygen atoms in total. The predicted octanol–water partition coefficient (Wildman–Crippen LogP) is 1.76. The highest BCUT2D eigenvalue weighted by atomic mass is 19.2. The average Bonchev–Trinajstić information content (AvgIpc) is 2.86. The SMILES string of the molecule is Fc1cc(F)c(CN2C[C@H]3CNC[C@H]3C2)cc1F. The Hall–Kier alpha value is -1.07. The molecule has 2 saturated heterocycles. The highest BCUT2D eigenvalue weighted by molar-refractivity contribution is 5.20. The molecule has 0 radical (unpaired) electrons. The Labute approximate surface area is 104 Å². The topological polar surface area (TPSA) is 15.3 Å². The zero-order chi connectivity index (χ0) is 12.7. The van der Waals surface area contributed by atoms with E-state index in [9.17, 15) is 13.2 Å². The second-order valence-electron chi connectivity index (χ2n) is 5.23. The van der Waals surface area contributed by atoms with Crippen molar-refractivity contribution in [2.45, 2.75) is 6.54 Å². The highest BCUT2D eigenvalue weighted by Crippen LogP contribution is 2.28. The Morgan fingerprint density at radius 3 is 2.28 bits per heavy atom. The minimum atomic E-state index is -1.13. The van der Waals surface area contributed by atoms with Crippen molar-refractivity contribution in [1.29, 1.82) is 0 Å². The summed E-state index contributed by atoms with van der Waals surface area (Å²) in [4.78, 5) is 2.12. The van der Waals surface area contributed by atoms with Crippen molar-refractivity contribution >= 4 is 0 Å². The third kappa shape index (κ3) is 2.12.